The average Bonchev–Trinajstić information content (AvgIpc) is 3.03. The van der Waals surface area contributed by atoms with Crippen LogP contribution in [0.25, 0.3) is 11.0 Å². The van der Waals surface area contributed by atoms with Crippen molar-refractivity contribution in [2.75, 3.05) is 19.7 Å². The fourth-order valence-corrected chi connectivity index (χ4v) is 4.67. The van der Waals surface area contributed by atoms with E-state index in [0.717, 1.165) is 23.9 Å². The summed E-state index contributed by atoms with van der Waals surface area (Å²) in [5.41, 5.74) is 1.66. The number of ether oxygens (including phenoxy) is 2. The van der Waals surface area contributed by atoms with Crippen LogP contribution in [0.3, 0.4) is 0 Å². The molecular weight excluding hydrogens is 452 g/mol. The zero-order chi connectivity index (χ0) is 25.3. The minimum absolute atomic E-state index is 0.0929. The summed E-state index contributed by atoms with van der Waals surface area (Å²) in [6.07, 6.45) is 2.55. The van der Waals surface area contributed by atoms with E-state index in [1.807, 2.05) is 39.0 Å². The second kappa shape index (κ2) is 9.85. The molecule has 0 spiro atoms. The maximum absolute atomic E-state index is 12.9. The van der Waals surface area contributed by atoms with Crippen molar-refractivity contribution in [1.29, 1.82) is 0 Å². The molecule has 0 bridgehead atoms. The van der Waals surface area contributed by atoms with E-state index in [1.165, 1.54) is 9.13 Å². The van der Waals surface area contributed by atoms with Gasteiger partial charge < -0.3 is 14.4 Å². The molecule has 2 saturated heterocycles. The van der Waals surface area contributed by atoms with Gasteiger partial charge in [-0.05, 0) is 64.2 Å². The van der Waals surface area contributed by atoms with Crippen molar-refractivity contribution in [3.63, 3.8) is 0 Å². The monoisotopic (exact) mass is 486 g/mol. The van der Waals surface area contributed by atoms with Crippen LogP contribution < -0.4 is 11.0 Å². The molecule has 1 unspecified atom stereocenters. The van der Waals surface area contributed by atoms with E-state index in [-0.39, 0.29) is 30.2 Å². The number of hydrogen-bond acceptors (Lipinski definition) is 6. The van der Waals surface area contributed by atoms with Crippen molar-refractivity contribution >= 4 is 28.9 Å². The lowest BCUT2D eigenvalue weighted by atomic mass is 10.1. The van der Waals surface area contributed by atoms with Crippen LogP contribution in [0.5, 0.6) is 0 Å². The molecule has 2 fully saturated rings. The normalized spacial score (nSPS) is 19.8. The number of amides is 3. The lowest BCUT2D eigenvalue weighted by molar-refractivity contribution is -0.135. The third-order valence-electron chi connectivity index (χ3n) is 6.51. The lowest BCUT2D eigenvalue weighted by Gasteiger charge is -2.33. The fourth-order valence-electron chi connectivity index (χ4n) is 4.67. The minimum Gasteiger partial charge on any atom is -0.444 e. The highest BCUT2D eigenvalue weighted by atomic mass is 16.6. The summed E-state index contributed by atoms with van der Waals surface area (Å²) in [5.74, 6) is -0.747. The molecule has 0 saturated carbocycles. The van der Waals surface area contributed by atoms with E-state index >= 15 is 0 Å². The molecule has 3 amide bonds. The average molecular weight is 487 g/mol. The molecule has 0 aliphatic carbocycles. The predicted molar refractivity (Wildman–Crippen MR) is 129 cm³/mol. The summed E-state index contributed by atoms with van der Waals surface area (Å²) in [4.78, 5) is 50.7. The maximum atomic E-state index is 12.9. The zero-order valence-corrected chi connectivity index (χ0v) is 20.8. The van der Waals surface area contributed by atoms with Gasteiger partial charge in [0.15, 0.2) is 0 Å². The SMILES string of the molecule is Cn1c(=O)n(C2CCC(=O)NC2=O)c2ccc(CCOC3CCN(C(=O)OC(C)(C)C)CC3)cc21. The molecule has 1 aromatic heterocycles. The quantitative estimate of drug-likeness (QED) is 0.649. The smallest absolute Gasteiger partial charge is 0.410 e. The molecule has 190 valence electrons. The Morgan fingerprint density at radius 3 is 2.46 bits per heavy atom. The Morgan fingerprint density at radius 1 is 1.09 bits per heavy atom. The van der Waals surface area contributed by atoms with Crippen molar-refractivity contribution in [1.82, 2.24) is 19.4 Å². The van der Waals surface area contributed by atoms with Gasteiger partial charge in [-0.2, -0.15) is 0 Å². The first-order chi connectivity index (χ1) is 16.5. The number of imidazole rings is 1. The van der Waals surface area contributed by atoms with Gasteiger partial charge in [0, 0.05) is 26.6 Å². The van der Waals surface area contributed by atoms with E-state index in [2.05, 4.69) is 5.32 Å². The first kappa shape index (κ1) is 25.0. The van der Waals surface area contributed by atoms with Crippen molar-refractivity contribution < 1.29 is 23.9 Å². The summed E-state index contributed by atoms with van der Waals surface area (Å²) in [7, 11) is 1.69. The van der Waals surface area contributed by atoms with Crippen LogP contribution in [0, 0.1) is 0 Å². The number of likely N-dealkylation sites (tertiary alicyclic amines) is 1. The summed E-state index contributed by atoms with van der Waals surface area (Å²) >= 11 is 0. The van der Waals surface area contributed by atoms with Gasteiger partial charge in [0.25, 0.3) is 0 Å². The molecule has 10 nitrogen and oxygen atoms in total. The second-order valence-corrected chi connectivity index (χ2v) is 10.3. The number of aromatic nitrogens is 2. The Bertz CT molecular complexity index is 1180. The molecule has 35 heavy (non-hydrogen) atoms. The van der Waals surface area contributed by atoms with Crippen molar-refractivity contribution in [2.24, 2.45) is 7.05 Å². The number of imide groups is 1. The van der Waals surface area contributed by atoms with Gasteiger partial charge in [0.1, 0.15) is 11.6 Å². The highest BCUT2D eigenvalue weighted by molar-refractivity contribution is 6.00. The molecule has 4 rings (SSSR count). The van der Waals surface area contributed by atoms with Gasteiger partial charge in [-0.1, -0.05) is 6.07 Å². The van der Waals surface area contributed by atoms with Crippen molar-refractivity contribution in [3.8, 4) is 0 Å². The third-order valence-corrected chi connectivity index (χ3v) is 6.51. The van der Waals surface area contributed by atoms with E-state index in [4.69, 9.17) is 9.47 Å². The third kappa shape index (κ3) is 5.58. The molecule has 2 aromatic rings. The second-order valence-electron chi connectivity index (χ2n) is 10.3. The van der Waals surface area contributed by atoms with E-state index < -0.39 is 17.6 Å². The first-order valence-corrected chi connectivity index (χ1v) is 12.2. The highest BCUT2D eigenvalue weighted by Crippen LogP contribution is 2.24. The molecule has 1 atom stereocenters. The van der Waals surface area contributed by atoms with Gasteiger partial charge in [0.05, 0.1) is 23.7 Å². The van der Waals surface area contributed by atoms with Gasteiger partial charge in [-0.3, -0.25) is 24.0 Å². The zero-order valence-electron chi connectivity index (χ0n) is 20.8. The minimum atomic E-state index is -0.690. The number of benzene rings is 1. The number of rotatable bonds is 5. The standard InChI is InChI=1S/C25H34N4O6/c1-25(2,3)35-24(33)28-12-9-17(10-13-28)34-14-11-16-5-6-18-20(15-16)27(4)23(32)29(18)19-7-8-21(30)26-22(19)31/h5-6,15,17,19H,7-14H2,1-4H3,(H,26,30,31). The van der Waals surface area contributed by atoms with Gasteiger partial charge in [0.2, 0.25) is 11.8 Å². The Balaban J connectivity index is 1.34. The maximum Gasteiger partial charge on any atom is 0.410 e. The van der Waals surface area contributed by atoms with Gasteiger partial charge in [-0.25, -0.2) is 9.59 Å². The topological polar surface area (TPSA) is 112 Å². The molecule has 0 radical (unpaired) electrons. The molecule has 2 aliphatic heterocycles. The molecule has 2 aliphatic rings. The van der Waals surface area contributed by atoms with E-state index in [0.29, 0.717) is 38.1 Å². The number of hydrogen-bond donors (Lipinski definition) is 1. The molecule has 3 heterocycles. The largest absolute Gasteiger partial charge is 0.444 e. The number of fused-ring (bicyclic) bond motifs is 1. The van der Waals surface area contributed by atoms with Crippen LogP contribution in [-0.4, -0.2) is 63.3 Å². The number of nitrogens with one attached hydrogen (secondary N) is 1. The fraction of sp³-hybridized carbons (Fsp3) is 0.600. The summed E-state index contributed by atoms with van der Waals surface area (Å²) in [6, 6.07) is 5.06. The highest BCUT2D eigenvalue weighted by Gasteiger charge is 2.31. The number of nitrogens with zero attached hydrogens (tertiary/aromatic N) is 3. The van der Waals surface area contributed by atoms with Crippen molar-refractivity contribution in [2.45, 2.75) is 70.6 Å². The summed E-state index contributed by atoms with van der Waals surface area (Å²) in [5, 5.41) is 2.33. The number of carbonyl (C=O) groups excluding carboxylic acids is 3. The van der Waals surface area contributed by atoms with E-state index in [9.17, 15) is 19.2 Å². The van der Waals surface area contributed by atoms with Gasteiger partial charge in [-0.15, -0.1) is 0 Å². The Labute approximate surface area is 204 Å². The van der Waals surface area contributed by atoms with Crippen LogP contribution in [0.2, 0.25) is 0 Å². The predicted octanol–water partition coefficient (Wildman–Crippen LogP) is 2.28. The molecule has 1 N–H and O–H groups in total. The van der Waals surface area contributed by atoms with Crippen molar-refractivity contribution in [3.05, 3.63) is 34.2 Å². The van der Waals surface area contributed by atoms with E-state index in [1.54, 1.807) is 11.9 Å². The lowest BCUT2D eigenvalue weighted by Crippen LogP contribution is -2.44. The Morgan fingerprint density at radius 2 is 1.80 bits per heavy atom. The number of carbonyl (C=O) groups is 3. The van der Waals surface area contributed by atoms with Crippen LogP contribution >= 0.6 is 0 Å². The summed E-state index contributed by atoms with van der Waals surface area (Å²) in [6.45, 7) is 7.34. The van der Waals surface area contributed by atoms with Crippen LogP contribution in [-0.2, 0) is 32.5 Å². The number of aryl methyl sites for hydroxylation is 1. The van der Waals surface area contributed by atoms with Crippen LogP contribution in [0.4, 0.5) is 4.79 Å². The first-order valence-electron chi connectivity index (χ1n) is 12.2. The molecular formula is C25H34N4O6. The summed E-state index contributed by atoms with van der Waals surface area (Å²) < 4.78 is 14.5. The molecule has 10 heteroatoms. The van der Waals surface area contributed by atoms with Crippen LogP contribution in [0.1, 0.15) is 58.1 Å². The molecule has 1 aromatic carbocycles. The number of piperidine rings is 2. The van der Waals surface area contributed by atoms with Gasteiger partial charge >= 0.3 is 11.8 Å². The van der Waals surface area contributed by atoms with Crippen LogP contribution in [0.15, 0.2) is 23.0 Å². The Hall–Kier alpha value is -3.14. The Kier molecular flexibility index (Phi) is 7.02.